The van der Waals surface area contributed by atoms with Crippen molar-refractivity contribution in [2.75, 3.05) is 34.5 Å². The summed E-state index contributed by atoms with van der Waals surface area (Å²) in [4.78, 5) is 2.28. The largest absolute Gasteiger partial charge is 0.493 e. The number of halogens is 1. The number of nitrogens with zero attached hydrogens (tertiary/aromatic N) is 1. The molecular weight excluding hydrogens is 538 g/mol. The minimum absolute atomic E-state index is 0.104. The molecule has 3 aromatic rings. The van der Waals surface area contributed by atoms with Gasteiger partial charge in [0.05, 0.1) is 34.0 Å². The molecule has 0 fully saturated rings. The van der Waals surface area contributed by atoms with Crippen LogP contribution in [0.5, 0.6) is 23.0 Å². The lowest BCUT2D eigenvalue weighted by Gasteiger charge is -2.32. The van der Waals surface area contributed by atoms with Gasteiger partial charge >= 0.3 is 0 Å². The molecular formula is C34H46ClNO5. The van der Waals surface area contributed by atoms with E-state index in [0.29, 0.717) is 36.2 Å². The van der Waals surface area contributed by atoms with Gasteiger partial charge in [-0.15, -0.1) is 0 Å². The molecule has 0 heterocycles. The van der Waals surface area contributed by atoms with Crippen LogP contribution in [0.25, 0.3) is 0 Å². The Morgan fingerprint density at radius 1 is 0.780 bits per heavy atom. The van der Waals surface area contributed by atoms with Crippen molar-refractivity contribution in [3.63, 3.8) is 0 Å². The van der Waals surface area contributed by atoms with E-state index in [0.717, 1.165) is 41.0 Å². The Labute approximate surface area is 251 Å². The van der Waals surface area contributed by atoms with E-state index in [1.165, 1.54) is 25.7 Å². The smallest absolute Gasteiger partial charge is 0.161 e. The molecule has 3 aromatic carbocycles. The Morgan fingerprint density at radius 2 is 1.44 bits per heavy atom. The summed E-state index contributed by atoms with van der Waals surface area (Å²) in [6, 6.07) is 19.6. The number of ether oxygens (including phenoxy) is 4. The third-order valence-corrected chi connectivity index (χ3v) is 7.60. The minimum atomic E-state index is -0.696. The van der Waals surface area contributed by atoms with Crippen molar-refractivity contribution in [3.05, 3.63) is 82.4 Å². The lowest BCUT2D eigenvalue weighted by Crippen LogP contribution is -2.37. The van der Waals surface area contributed by atoms with E-state index in [-0.39, 0.29) is 6.04 Å². The molecule has 0 aliphatic rings. The maximum absolute atomic E-state index is 11.2. The van der Waals surface area contributed by atoms with Gasteiger partial charge in [-0.2, -0.15) is 0 Å². The third-order valence-electron chi connectivity index (χ3n) is 7.36. The van der Waals surface area contributed by atoms with Crippen molar-refractivity contribution >= 4 is 11.6 Å². The topological polar surface area (TPSA) is 60.4 Å². The first-order valence-corrected chi connectivity index (χ1v) is 14.9. The average molecular weight is 584 g/mol. The number of hydrogen-bond acceptors (Lipinski definition) is 6. The van der Waals surface area contributed by atoms with Gasteiger partial charge in [0.25, 0.3) is 0 Å². The standard InChI is InChI=1S/C34H46ClNO5/c1-6-7-8-9-10-18-41-32-17-15-27(21-34(32)40-5)23-36(24-30(37)28-12-11-13-29(35)22-28)25(2)19-26-14-16-31(38-3)33(20-26)39-4/h11-17,20-22,25,30,37H,6-10,18-19,23-24H2,1-5H3/t25?,30-/m0/s1. The Balaban J connectivity index is 1.77. The van der Waals surface area contributed by atoms with Crippen molar-refractivity contribution in [1.29, 1.82) is 0 Å². The van der Waals surface area contributed by atoms with E-state index < -0.39 is 6.10 Å². The predicted molar refractivity (Wildman–Crippen MR) is 167 cm³/mol. The van der Waals surface area contributed by atoms with Gasteiger partial charge < -0.3 is 24.1 Å². The van der Waals surface area contributed by atoms with Crippen molar-refractivity contribution < 1.29 is 24.1 Å². The van der Waals surface area contributed by atoms with E-state index >= 15 is 0 Å². The average Bonchev–Trinajstić information content (AvgIpc) is 2.98. The first-order chi connectivity index (χ1) is 19.9. The highest BCUT2D eigenvalue weighted by atomic mass is 35.5. The summed E-state index contributed by atoms with van der Waals surface area (Å²) in [5.74, 6) is 2.88. The fourth-order valence-electron chi connectivity index (χ4n) is 4.97. The zero-order valence-corrected chi connectivity index (χ0v) is 26.0. The van der Waals surface area contributed by atoms with E-state index in [1.54, 1.807) is 21.3 Å². The number of aliphatic hydroxyl groups is 1. The zero-order chi connectivity index (χ0) is 29.6. The van der Waals surface area contributed by atoms with E-state index in [1.807, 2.05) is 48.5 Å². The normalized spacial score (nSPS) is 12.7. The van der Waals surface area contributed by atoms with Gasteiger partial charge in [0.15, 0.2) is 23.0 Å². The minimum Gasteiger partial charge on any atom is -0.493 e. The van der Waals surface area contributed by atoms with Crippen LogP contribution >= 0.6 is 11.6 Å². The summed E-state index contributed by atoms with van der Waals surface area (Å²) in [5.41, 5.74) is 2.99. The van der Waals surface area contributed by atoms with Crippen molar-refractivity contribution in [3.8, 4) is 23.0 Å². The monoisotopic (exact) mass is 583 g/mol. The highest BCUT2D eigenvalue weighted by Gasteiger charge is 2.21. The molecule has 0 aliphatic carbocycles. The lowest BCUT2D eigenvalue weighted by atomic mass is 10.0. The van der Waals surface area contributed by atoms with E-state index in [9.17, 15) is 5.11 Å². The molecule has 0 saturated carbocycles. The first-order valence-electron chi connectivity index (χ1n) is 14.6. The maximum Gasteiger partial charge on any atom is 0.161 e. The third kappa shape index (κ3) is 10.1. The summed E-state index contributed by atoms with van der Waals surface area (Å²) in [6.45, 7) is 6.14. The molecule has 224 valence electrons. The molecule has 0 aromatic heterocycles. The van der Waals surface area contributed by atoms with Crippen LogP contribution in [-0.2, 0) is 13.0 Å². The van der Waals surface area contributed by atoms with Crippen molar-refractivity contribution in [2.45, 2.75) is 71.1 Å². The second-order valence-electron chi connectivity index (χ2n) is 10.5. The SMILES string of the molecule is CCCCCCCOc1ccc(CN(C[C@H](O)c2cccc(Cl)c2)C(C)Cc2ccc(OC)c(OC)c2)cc1OC. The summed E-state index contributed by atoms with van der Waals surface area (Å²) in [6.07, 6.45) is 6.02. The van der Waals surface area contributed by atoms with Crippen molar-refractivity contribution in [1.82, 2.24) is 4.90 Å². The zero-order valence-electron chi connectivity index (χ0n) is 25.2. The molecule has 1 N–H and O–H groups in total. The van der Waals surface area contributed by atoms with Crippen LogP contribution in [0.1, 0.15) is 68.7 Å². The second kappa shape index (κ2) is 17.1. The fourth-order valence-corrected chi connectivity index (χ4v) is 5.17. The van der Waals surface area contributed by atoms with Gasteiger partial charge in [0, 0.05) is 24.2 Å². The van der Waals surface area contributed by atoms with Gasteiger partial charge in [-0.25, -0.2) is 0 Å². The Hall–Kier alpha value is -2.93. The summed E-state index contributed by atoms with van der Waals surface area (Å²) in [7, 11) is 4.96. The van der Waals surface area contributed by atoms with Crippen LogP contribution in [0.3, 0.4) is 0 Å². The highest BCUT2D eigenvalue weighted by molar-refractivity contribution is 6.30. The quantitative estimate of drug-likeness (QED) is 0.154. The number of methoxy groups -OCH3 is 3. The van der Waals surface area contributed by atoms with Gasteiger partial charge in [-0.1, -0.05) is 68.5 Å². The maximum atomic E-state index is 11.2. The molecule has 0 radical (unpaired) electrons. The fraction of sp³-hybridized carbons (Fsp3) is 0.471. The number of aliphatic hydroxyl groups excluding tert-OH is 1. The lowest BCUT2D eigenvalue weighted by molar-refractivity contribution is 0.0858. The molecule has 0 aliphatic heterocycles. The Morgan fingerprint density at radius 3 is 2.15 bits per heavy atom. The van der Waals surface area contributed by atoms with E-state index in [2.05, 4.69) is 30.9 Å². The number of rotatable bonds is 18. The van der Waals surface area contributed by atoms with Crippen LogP contribution in [0.4, 0.5) is 0 Å². The van der Waals surface area contributed by atoms with Crippen LogP contribution in [0.15, 0.2) is 60.7 Å². The molecule has 0 amide bonds. The molecule has 7 heteroatoms. The van der Waals surface area contributed by atoms with Crippen LogP contribution < -0.4 is 18.9 Å². The summed E-state index contributed by atoms with van der Waals surface area (Å²) < 4.78 is 22.7. The molecule has 6 nitrogen and oxygen atoms in total. The molecule has 2 atom stereocenters. The molecule has 0 bridgehead atoms. The molecule has 3 rings (SSSR count). The van der Waals surface area contributed by atoms with E-state index in [4.69, 9.17) is 30.5 Å². The molecule has 41 heavy (non-hydrogen) atoms. The molecule has 1 unspecified atom stereocenters. The van der Waals surface area contributed by atoms with Gasteiger partial charge in [0.2, 0.25) is 0 Å². The molecule has 0 spiro atoms. The second-order valence-corrected chi connectivity index (χ2v) is 10.9. The highest BCUT2D eigenvalue weighted by Crippen LogP contribution is 2.31. The number of benzene rings is 3. The number of unbranched alkanes of at least 4 members (excludes halogenated alkanes) is 4. The van der Waals surface area contributed by atoms with Crippen LogP contribution in [-0.4, -0.2) is 50.5 Å². The van der Waals surface area contributed by atoms with Gasteiger partial charge in [0.1, 0.15) is 0 Å². The number of hydrogen-bond donors (Lipinski definition) is 1. The first kappa shape index (κ1) is 32.6. The predicted octanol–water partition coefficient (Wildman–Crippen LogP) is 7.88. The van der Waals surface area contributed by atoms with Gasteiger partial charge in [-0.05, 0) is 72.9 Å². The summed E-state index contributed by atoms with van der Waals surface area (Å²) >= 11 is 6.22. The van der Waals surface area contributed by atoms with Crippen LogP contribution in [0.2, 0.25) is 5.02 Å². The van der Waals surface area contributed by atoms with Gasteiger partial charge in [-0.3, -0.25) is 4.90 Å². The summed E-state index contributed by atoms with van der Waals surface area (Å²) in [5, 5.41) is 11.8. The Kier molecular flexibility index (Phi) is 13.6. The molecule has 0 saturated heterocycles. The van der Waals surface area contributed by atoms with Crippen molar-refractivity contribution in [2.24, 2.45) is 0 Å². The van der Waals surface area contributed by atoms with Crippen LogP contribution in [0, 0.1) is 0 Å². The Bertz CT molecular complexity index is 1200.